The molecule has 0 radical (unpaired) electrons. The average Bonchev–Trinajstić information content (AvgIpc) is 3.43. The highest BCUT2D eigenvalue weighted by Crippen LogP contribution is 2.30. The number of fused-ring (bicyclic) bond motifs is 1. The van der Waals surface area contributed by atoms with Gasteiger partial charge in [0, 0.05) is 44.0 Å². The summed E-state index contributed by atoms with van der Waals surface area (Å²) in [6, 6.07) is 14.6. The van der Waals surface area contributed by atoms with Crippen LogP contribution in [0.15, 0.2) is 54.6 Å². The number of halogens is 3. The third kappa shape index (κ3) is 4.39. The first kappa shape index (κ1) is 21.7. The van der Waals surface area contributed by atoms with Crippen molar-refractivity contribution in [2.24, 2.45) is 0 Å². The highest BCUT2D eigenvalue weighted by atomic mass is 19.4. The molecule has 33 heavy (non-hydrogen) atoms. The number of piperazine rings is 1. The number of alkyl halides is 3. The molecule has 2 heterocycles. The molecule has 1 fully saturated rings. The number of amides is 1. The lowest BCUT2D eigenvalue weighted by Crippen LogP contribution is -2.48. The molecule has 1 aliphatic heterocycles. The van der Waals surface area contributed by atoms with Gasteiger partial charge in [-0.05, 0) is 61.2 Å². The Balaban J connectivity index is 1.23. The first-order valence-electron chi connectivity index (χ1n) is 11.2. The minimum Gasteiger partial charge on any atom is -0.336 e. The topological polar surface area (TPSA) is 41.4 Å². The number of aromatic nitrogens is 2. The second-order valence-corrected chi connectivity index (χ2v) is 8.62. The molecule has 1 amide bonds. The summed E-state index contributed by atoms with van der Waals surface area (Å²) in [5, 5.41) is 4.93. The number of carbonyl (C=O) groups is 1. The van der Waals surface area contributed by atoms with Crippen LogP contribution in [0.3, 0.4) is 0 Å². The van der Waals surface area contributed by atoms with Crippen molar-refractivity contribution in [2.75, 3.05) is 26.2 Å². The van der Waals surface area contributed by atoms with Gasteiger partial charge >= 0.3 is 6.18 Å². The maximum absolute atomic E-state index is 12.8. The highest BCUT2D eigenvalue weighted by Gasteiger charge is 2.31. The molecule has 0 unspecified atom stereocenters. The zero-order valence-electron chi connectivity index (χ0n) is 18.2. The Labute approximate surface area is 190 Å². The summed E-state index contributed by atoms with van der Waals surface area (Å²) in [5.74, 6) is -0.224. The molecule has 0 bridgehead atoms. The standard InChI is InChI=1S/C25H25F3N4O/c26-25(27,28)19-11-9-18(10-12-19)24(33)31-15-13-30(14-16-31)17-22-21-7-4-8-23(21)32(29-22)20-5-2-1-3-6-20/h1-3,5-6,9-12H,4,7-8,13-17H2. The lowest BCUT2D eigenvalue weighted by Gasteiger charge is -2.34. The largest absolute Gasteiger partial charge is 0.416 e. The molecule has 0 saturated carbocycles. The Hall–Kier alpha value is -3.13. The molecule has 1 saturated heterocycles. The molecule has 0 atom stereocenters. The van der Waals surface area contributed by atoms with Crippen LogP contribution < -0.4 is 0 Å². The van der Waals surface area contributed by atoms with Gasteiger partial charge in [-0.2, -0.15) is 18.3 Å². The molecule has 0 spiro atoms. The van der Waals surface area contributed by atoms with Crippen LogP contribution in [0.1, 0.15) is 39.3 Å². The van der Waals surface area contributed by atoms with E-state index in [2.05, 4.69) is 21.7 Å². The summed E-state index contributed by atoms with van der Waals surface area (Å²) < 4.78 is 40.4. The lowest BCUT2D eigenvalue weighted by molar-refractivity contribution is -0.137. The van der Waals surface area contributed by atoms with Crippen molar-refractivity contribution in [1.82, 2.24) is 19.6 Å². The van der Waals surface area contributed by atoms with Gasteiger partial charge in [0.2, 0.25) is 0 Å². The van der Waals surface area contributed by atoms with Gasteiger partial charge in [-0.1, -0.05) is 18.2 Å². The quantitative estimate of drug-likeness (QED) is 0.589. The van der Waals surface area contributed by atoms with Crippen molar-refractivity contribution in [3.05, 3.63) is 82.7 Å². The molecule has 5 rings (SSSR count). The predicted octanol–water partition coefficient (Wildman–Crippen LogP) is 4.34. The number of nitrogens with zero attached hydrogens (tertiary/aromatic N) is 4. The van der Waals surface area contributed by atoms with Crippen LogP contribution in [0.5, 0.6) is 0 Å². The number of hydrogen-bond acceptors (Lipinski definition) is 3. The Bertz CT molecular complexity index is 1130. The van der Waals surface area contributed by atoms with E-state index in [1.165, 1.54) is 23.4 Å². The van der Waals surface area contributed by atoms with Crippen LogP contribution in [0.2, 0.25) is 0 Å². The van der Waals surface area contributed by atoms with E-state index in [0.29, 0.717) is 26.2 Å². The normalized spacial score (nSPS) is 16.8. The minimum absolute atomic E-state index is 0.224. The molecule has 2 aliphatic rings. The van der Waals surface area contributed by atoms with E-state index in [4.69, 9.17) is 5.10 Å². The van der Waals surface area contributed by atoms with Crippen LogP contribution in [0.25, 0.3) is 5.69 Å². The molecule has 2 aromatic carbocycles. The zero-order valence-corrected chi connectivity index (χ0v) is 18.2. The summed E-state index contributed by atoms with van der Waals surface area (Å²) in [6.45, 7) is 3.24. The fraction of sp³-hybridized carbons (Fsp3) is 0.360. The summed E-state index contributed by atoms with van der Waals surface area (Å²) in [6.07, 6.45) is -1.18. The molecular weight excluding hydrogens is 429 g/mol. The van der Waals surface area contributed by atoms with E-state index in [9.17, 15) is 18.0 Å². The SMILES string of the molecule is O=C(c1ccc(C(F)(F)F)cc1)N1CCN(Cc2nn(-c3ccccc3)c3c2CCC3)CC1. The number of benzene rings is 2. The van der Waals surface area contributed by atoms with E-state index in [1.54, 1.807) is 4.90 Å². The Morgan fingerprint density at radius 3 is 2.27 bits per heavy atom. The number of rotatable bonds is 4. The highest BCUT2D eigenvalue weighted by molar-refractivity contribution is 5.94. The first-order chi connectivity index (χ1) is 15.9. The predicted molar refractivity (Wildman–Crippen MR) is 118 cm³/mol. The van der Waals surface area contributed by atoms with Crippen molar-refractivity contribution >= 4 is 5.91 Å². The van der Waals surface area contributed by atoms with Crippen LogP contribution in [0.4, 0.5) is 13.2 Å². The second-order valence-electron chi connectivity index (χ2n) is 8.62. The van der Waals surface area contributed by atoms with Gasteiger partial charge in [-0.3, -0.25) is 9.69 Å². The average molecular weight is 454 g/mol. The van der Waals surface area contributed by atoms with E-state index >= 15 is 0 Å². The number of carbonyl (C=O) groups excluding carboxylic acids is 1. The van der Waals surface area contributed by atoms with Gasteiger partial charge in [0.1, 0.15) is 0 Å². The van der Waals surface area contributed by atoms with Crippen molar-refractivity contribution in [2.45, 2.75) is 32.0 Å². The van der Waals surface area contributed by atoms with Gasteiger partial charge in [-0.25, -0.2) is 4.68 Å². The van der Waals surface area contributed by atoms with Crippen LogP contribution >= 0.6 is 0 Å². The van der Waals surface area contributed by atoms with Gasteiger partial charge in [0.15, 0.2) is 0 Å². The molecule has 5 nitrogen and oxygen atoms in total. The summed E-state index contributed by atoms with van der Waals surface area (Å²) in [5.41, 5.74) is 4.37. The van der Waals surface area contributed by atoms with Crippen LogP contribution in [0, 0.1) is 0 Å². The fourth-order valence-corrected chi connectivity index (χ4v) is 4.73. The molecule has 0 N–H and O–H groups in total. The minimum atomic E-state index is -4.40. The molecule has 8 heteroatoms. The number of hydrogen-bond donors (Lipinski definition) is 0. The third-order valence-electron chi connectivity index (χ3n) is 6.51. The van der Waals surface area contributed by atoms with Crippen molar-refractivity contribution in [3.63, 3.8) is 0 Å². The van der Waals surface area contributed by atoms with E-state index < -0.39 is 11.7 Å². The van der Waals surface area contributed by atoms with E-state index in [0.717, 1.165) is 49.3 Å². The maximum atomic E-state index is 12.8. The number of para-hydroxylation sites is 1. The van der Waals surface area contributed by atoms with E-state index in [1.807, 2.05) is 18.2 Å². The van der Waals surface area contributed by atoms with Crippen molar-refractivity contribution in [3.8, 4) is 5.69 Å². The van der Waals surface area contributed by atoms with Gasteiger partial charge in [-0.15, -0.1) is 0 Å². The summed E-state index contributed by atoms with van der Waals surface area (Å²) in [4.78, 5) is 16.8. The molecule has 1 aliphatic carbocycles. The Morgan fingerprint density at radius 2 is 1.61 bits per heavy atom. The van der Waals surface area contributed by atoms with Crippen molar-refractivity contribution in [1.29, 1.82) is 0 Å². The maximum Gasteiger partial charge on any atom is 0.416 e. The van der Waals surface area contributed by atoms with E-state index in [-0.39, 0.29) is 11.5 Å². The Kier molecular flexibility index (Phi) is 5.70. The first-order valence-corrected chi connectivity index (χ1v) is 11.2. The van der Waals surface area contributed by atoms with Crippen LogP contribution in [-0.2, 0) is 25.6 Å². The molecule has 172 valence electrons. The monoisotopic (exact) mass is 454 g/mol. The summed E-state index contributed by atoms with van der Waals surface area (Å²) in [7, 11) is 0. The third-order valence-corrected chi connectivity index (χ3v) is 6.51. The zero-order chi connectivity index (χ0) is 23.0. The smallest absolute Gasteiger partial charge is 0.336 e. The van der Waals surface area contributed by atoms with Crippen LogP contribution in [-0.4, -0.2) is 51.7 Å². The summed E-state index contributed by atoms with van der Waals surface area (Å²) >= 11 is 0. The molecule has 1 aromatic heterocycles. The lowest BCUT2D eigenvalue weighted by atomic mass is 10.1. The fourth-order valence-electron chi connectivity index (χ4n) is 4.73. The van der Waals surface area contributed by atoms with Crippen molar-refractivity contribution < 1.29 is 18.0 Å². The van der Waals surface area contributed by atoms with Gasteiger partial charge in [0.05, 0.1) is 16.9 Å². The molecule has 3 aromatic rings. The van der Waals surface area contributed by atoms with Gasteiger partial charge < -0.3 is 4.90 Å². The second kappa shape index (κ2) is 8.67. The van der Waals surface area contributed by atoms with Gasteiger partial charge in [0.25, 0.3) is 5.91 Å². The Morgan fingerprint density at radius 1 is 0.909 bits per heavy atom. The molecular formula is C25H25F3N4O.